The van der Waals surface area contributed by atoms with Gasteiger partial charge in [-0.3, -0.25) is 0 Å². The number of nitrogens with zero attached hydrogens (tertiary/aromatic N) is 1. The van der Waals surface area contributed by atoms with E-state index in [4.69, 9.17) is 4.74 Å². The van der Waals surface area contributed by atoms with Crippen LogP contribution in [-0.2, 0) is 17.6 Å². The Morgan fingerprint density at radius 1 is 1.29 bits per heavy atom. The molecule has 0 spiro atoms. The van der Waals surface area contributed by atoms with Crippen molar-refractivity contribution < 1.29 is 9.53 Å². The molecule has 2 amide bonds. The Hall–Kier alpha value is -1.55. The molecule has 1 saturated heterocycles. The fourth-order valence-corrected chi connectivity index (χ4v) is 3.77. The van der Waals surface area contributed by atoms with Gasteiger partial charge < -0.3 is 15.0 Å². The van der Waals surface area contributed by atoms with Crippen molar-refractivity contribution >= 4 is 6.03 Å². The van der Waals surface area contributed by atoms with Gasteiger partial charge in [0.25, 0.3) is 0 Å². The van der Waals surface area contributed by atoms with Gasteiger partial charge in [0, 0.05) is 19.7 Å². The van der Waals surface area contributed by atoms with E-state index in [1.54, 1.807) is 0 Å². The van der Waals surface area contributed by atoms with Gasteiger partial charge in [0.2, 0.25) is 0 Å². The number of aryl methyl sites for hydroxylation is 2. The molecule has 0 saturated carbocycles. The lowest BCUT2D eigenvalue weighted by Gasteiger charge is -2.27. The molecule has 4 heteroatoms. The highest BCUT2D eigenvalue weighted by Gasteiger charge is 2.23. The summed E-state index contributed by atoms with van der Waals surface area (Å²) in [5, 5.41) is 3.16. The molecule has 132 valence electrons. The Kier molecular flexibility index (Phi) is 5.77. The van der Waals surface area contributed by atoms with Gasteiger partial charge in [-0.1, -0.05) is 18.2 Å². The average Bonchev–Trinajstić information content (AvgIpc) is 3.12. The Labute approximate surface area is 145 Å². The van der Waals surface area contributed by atoms with Gasteiger partial charge in [0.05, 0.1) is 12.1 Å². The molecule has 1 aromatic rings. The summed E-state index contributed by atoms with van der Waals surface area (Å²) in [4.78, 5) is 14.5. The molecule has 1 aromatic carbocycles. The molecule has 3 rings (SSSR count). The van der Waals surface area contributed by atoms with Crippen LogP contribution >= 0.6 is 0 Å². The molecule has 0 aromatic heterocycles. The number of urea groups is 1. The lowest BCUT2D eigenvalue weighted by Crippen LogP contribution is -2.44. The minimum Gasteiger partial charge on any atom is -0.376 e. The van der Waals surface area contributed by atoms with Crippen molar-refractivity contribution in [1.29, 1.82) is 0 Å². The van der Waals surface area contributed by atoms with Crippen LogP contribution < -0.4 is 5.32 Å². The van der Waals surface area contributed by atoms with Crippen LogP contribution in [0.1, 0.15) is 62.3 Å². The monoisotopic (exact) mass is 330 g/mol. The van der Waals surface area contributed by atoms with Gasteiger partial charge in [-0.05, 0) is 69.1 Å². The topological polar surface area (TPSA) is 41.6 Å². The third kappa shape index (κ3) is 4.10. The van der Waals surface area contributed by atoms with Crippen molar-refractivity contribution in [3.63, 3.8) is 0 Å². The summed E-state index contributed by atoms with van der Waals surface area (Å²) >= 11 is 0. The summed E-state index contributed by atoms with van der Waals surface area (Å²) in [5.74, 6) is 0. The van der Waals surface area contributed by atoms with Crippen LogP contribution in [-0.4, -0.2) is 36.7 Å². The maximum atomic E-state index is 12.6. The number of ether oxygens (including phenoxy) is 1. The Morgan fingerprint density at radius 2 is 2.08 bits per heavy atom. The maximum absolute atomic E-state index is 12.6. The summed E-state index contributed by atoms with van der Waals surface area (Å²) in [6.45, 7) is 6.33. The van der Waals surface area contributed by atoms with Gasteiger partial charge in [0.1, 0.15) is 0 Å². The van der Waals surface area contributed by atoms with E-state index in [1.807, 2.05) is 11.8 Å². The van der Waals surface area contributed by atoms with Crippen molar-refractivity contribution in [2.45, 2.75) is 64.5 Å². The molecule has 0 bridgehead atoms. The lowest BCUT2D eigenvalue weighted by molar-refractivity contribution is 0.0822. The molecule has 2 aliphatic rings. The molecule has 1 N–H and O–H groups in total. The smallest absolute Gasteiger partial charge is 0.317 e. The van der Waals surface area contributed by atoms with Gasteiger partial charge in [-0.15, -0.1) is 0 Å². The zero-order chi connectivity index (χ0) is 16.9. The minimum absolute atomic E-state index is 0.0122. The third-order valence-corrected chi connectivity index (χ3v) is 5.33. The fraction of sp³-hybridized carbons (Fsp3) is 0.650. The van der Waals surface area contributed by atoms with E-state index in [0.29, 0.717) is 13.1 Å². The van der Waals surface area contributed by atoms with Crippen LogP contribution in [0, 0.1) is 0 Å². The van der Waals surface area contributed by atoms with Crippen molar-refractivity contribution in [1.82, 2.24) is 10.2 Å². The molecule has 2 atom stereocenters. The number of hydrogen-bond acceptors (Lipinski definition) is 2. The Bertz CT molecular complexity index is 567. The number of fused-ring (bicyclic) bond motifs is 1. The number of amides is 2. The van der Waals surface area contributed by atoms with Crippen molar-refractivity contribution in [2.75, 3.05) is 19.7 Å². The van der Waals surface area contributed by atoms with Gasteiger partial charge in [-0.2, -0.15) is 0 Å². The number of rotatable bonds is 5. The molecule has 1 aliphatic heterocycles. The molecule has 2 unspecified atom stereocenters. The van der Waals surface area contributed by atoms with E-state index in [1.165, 1.54) is 42.4 Å². The Balaban J connectivity index is 1.60. The Morgan fingerprint density at radius 3 is 2.79 bits per heavy atom. The summed E-state index contributed by atoms with van der Waals surface area (Å²) < 4.78 is 5.67. The first-order valence-corrected chi connectivity index (χ1v) is 9.46. The number of carbonyl (C=O) groups excluding carboxylic acids is 1. The summed E-state index contributed by atoms with van der Waals surface area (Å²) in [6.07, 6.45) is 7.31. The van der Waals surface area contributed by atoms with Crippen LogP contribution in [0.3, 0.4) is 0 Å². The lowest BCUT2D eigenvalue weighted by atomic mass is 9.89. The minimum atomic E-state index is 0.0122. The highest BCUT2D eigenvalue weighted by Crippen LogP contribution is 2.25. The molecule has 4 nitrogen and oxygen atoms in total. The van der Waals surface area contributed by atoms with Crippen LogP contribution in [0.25, 0.3) is 0 Å². The number of nitrogens with one attached hydrogen (secondary N) is 1. The zero-order valence-corrected chi connectivity index (χ0v) is 15.0. The largest absolute Gasteiger partial charge is 0.376 e. The molecular formula is C20H30N2O2. The first-order chi connectivity index (χ1) is 11.7. The van der Waals surface area contributed by atoms with E-state index >= 15 is 0 Å². The molecule has 1 aliphatic carbocycles. The van der Waals surface area contributed by atoms with Crippen LogP contribution in [0.15, 0.2) is 18.2 Å². The highest BCUT2D eigenvalue weighted by atomic mass is 16.5. The van der Waals surface area contributed by atoms with Crippen LogP contribution in [0.4, 0.5) is 4.79 Å². The number of hydrogen-bond donors (Lipinski definition) is 1. The van der Waals surface area contributed by atoms with E-state index in [0.717, 1.165) is 19.4 Å². The second-order valence-corrected chi connectivity index (χ2v) is 7.08. The van der Waals surface area contributed by atoms with Gasteiger partial charge in [-0.25, -0.2) is 4.79 Å². The third-order valence-electron chi connectivity index (χ3n) is 5.33. The predicted octanol–water partition coefficient (Wildman–Crippen LogP) is 3.84. The van der Waals surface area contributed by atoms with E-state index in [9.17, 15) is 4.79 Å². The van der Waals surface area contributed by atoms with Gasteiger partial charge >= 0.3 is 6.03 Å². The number of carbonyl (C=O) groups is 1. The van der Waals surface area contributed by atoms with Crippen molar-refractivity contribution in [3.05, 3.63) is 34.9 Å². The van der Waals surface area contributed by atoms with Gasteiger partial charge in [0.15, 0.2) is 0 Å². The first kappa shape index (κ1) is 17.3. The maximum Gasteiger partial charge on any atom is 0.317 e. The van der Waals surface area contributed by atoms with E-state index < -0.39 is 0 Å². The number of likely N-dealkylation sites (N-methyl/N-ethyl adjacent to an activating group) is 1. The average molecular weight is 330 g/mol. The molecule has 1 fully saturated rings. The standard InChI is InChI=1S/C20H30N2O2/c1-3-22(14-19-9-6-12-24-19)20(23)21-15(2)17-11-10-16-7-4-5-8-18(16)13-17/h10-11,13,15,19H,3-9,12,14H2,1-2H3,(H,21,23). The fourth-order valence-electron chi connectivity index (χ4n) is 3.77. The highest BCUT2D eigenvalue weighted by molar-refractivity contribution is 5.74. The predicted molar refractivity (Wildman–Crippen MR) is 96.3 cm³/mol. The molecule has 24 heavy (non-hydrogen) atoms. The normalized spacial score (nSPS) is 21.2. The quantitative estimate of drug-likeness (QED) is 0.891. The second kappa shape index (κ2) is 8.02. The second-order valence-electron chi connectivity index (χ2n) is 7.08. The van der Waals surface area contributed by atoms with Crippen LogP contribution in [0.2, 0.25) is 0 Å². The molecule has 1 heterocycles. The first-order valence-electron chi connectivity index (χ1n) is 9.46. The molecule has 0 radical (unpaired) electrons. The SMILES string of the molecule is CCN(CC1CCCO1)C(=O)NC(C)c1ccc2c(c1)CCCC2. The summed E-state index contributed by atoms with van der Waals surface area (Å²) in [5.41, 5.74) is 4.15. The van der Waals surface area contributed by atoms with Crippen molar-refractivity contribution in [3.8, 4) is 0 Å². The van der Waals surface area contributed by atoms with Crippen LogP contribution in [0.5, 0.6) is 0 Å². The van der Waals surface area contributed by atoms with E-state index in [2.05, 4.69) is 30.4 Å². The molecular weight excluding hydrogens is 300 g/mol. The summed E-state index contributed by atoms with van der Waals surface area (Å²) in [6, 6.07) is 6.75. The van der Waals surface area contributed by atoms with E-state index in [-0.39, 0.29) is 18.2 Å². The van der Waals surface area contributed by atoms with Crippen molar-refractivity contribution in [2.24, 2.45) is 0 Å². The number of benzene rings is 1. The summed E-state index contributed by atoms with van der Waals surface area (Å²) in [7, 11) is 0. The zero-order valence-electron chi connectivity index (χ0n) is 15.0.